The SMILES string of the molecule is Cc1cccc(C)c1N1C2=C(N=CN(c3ccccc3)C2N)SC1N. The molecule has 128 valence electrons. The van der Waals surface area contributed by atoms with Gasteiger partial charge in [-0.05, 0) is 37.1 Å². The number of hydrogen-bond acceptors (Lipinski definition) is 6. The number of para-hydroxylation sites is 2. The average Bonchev–Trinajstić information content (AvgIpc) is 2.93. The summed E-state index contributed by atoms with van der Waals surface area (Å²) in [5.41, 5.74) is 18.3. The van der Waals surface area contributed by atoms with E-state index in [9.17, 15) is 0 Å². The van der Waals surface area contributed by atoms with E-state index >= 15 is 0 Å². The van der Waals surface area contributed by atoms with Gasteiger partial charge in [0.1, 0.15) is 16.7 Å². The van der Waals surface area contributed by atoms with Crippen molar-refractivity contribution in [3.05, 3.63) is 70.4 Å². The molecule has 0 saturated heterocycles. The zero-order valence-corrected chi connectivity index (χ0v) is 15.1. The van der Waals surface area contributed by atoms with E-state index in [1.165, 1.54) is 11.1 Å². The van der Waals surface area contributed by atoms with Crippen LogP contribution in [0, 0.1) is 13.8 Å². The lowest BCUT2D eigenvalue weighted by Crippen LogP contribution is -2.50. The normalized spacial score (nSPS) is 22.6. The maximum absolute atomic E-state index is 6.65. The Bertz CT molecular complexity index is 841. The second-order valence-electron chi connectivity index (χ2n) is 6.24. The summed E-state index contributed by atoms with van der Waals surface area (Å²) in [5, 5.41) is 0.898. The van der Waals surface area contributed by atoms with E-state index in [0.29, 0.717) is 0 Å². The van der Waals surface area contributed by atoms with Crippen LogP contribution in [0.1, 0.15) is 11.1 Å². The number of aryl methyl sites for hydroxylation is 2. The van der Waals surface area contributed by atoms with Gasteiger partial charge in [-0.25, -0.2) is 4.99 Å². The van der Waals surface area contributed by atoms with Crippen LogP contribution in [-0.4, -0.2) is 18.0 Å². The molecule has 0 aliphatic carbocycles. The lowest BCUT2D eigenvalue weighted by atomic mass is 10.1. The Morgan fingerprint density at radius 1 is 0.960 bits per heavy atom. The van der Waals surface area contributed by atoms with Crippen molar-refractivity contribution in [2.75, 3.05) is 9.80 Å². The van der Waals surface area contributed by atoms with Gasteiger partial charge in [0.05, 0.1) is 12.0 Å². The molecule has 0 radical (unpaired) electrons. The molecule has 2 aliphatic rings. The minimum absolute atomic E-state index is 0.233. The van der Waals surface area contributed by atoms with Gasteiger partial charge in [0.25, 0.3) is 0 Å². The van der Waals surface area contributed by atoms with Crippen molar-refractivity contribution < 1.29 is 0 Å². The summed E-state index contributed by atoms with van der Waals surface area (Å²) in [4.78, 5) is 8.75. The first kappa shape index (κ1) is 16.2. The van der Waals surface area contributed by atoms with Gasteiger partial charge >= 0.3 is 0 Å². The van der Waals surface area contributed by atoms with Crippen molar-refractivity contribution in [3.63, 3.8) is 0 Å². The third kappa shape index (κ3) is 2.63. The van der Waals surface area contributed by atoms with Crippen LogP contribution >= 0.6 is 11.8 Å². The Kier molecular flexibility index (Phi) is 4.03. The van der Waals surface area contributed by atoms with Crippen LogP contribution in [0.25, 0.3) is 0 Å². The number of benzene rings is 2. The molecule has 0 spiro atoms. The van der Waals surface area contributed by atoms with E-state index in [0.717, 1.165) is 22.1 Å². The minimum atomic E-state index is -0.338. The summed E-state index contributed by atoms with van der Waals surface area (Å²) in [6.07, 6.45) is 1.46. The predicted octanol–water partition coefficient (Wildman–Crippen LogP) is 3.10. The zero-order valence-electron chi connectivity index (χ0n) is 14.3. The molecule has 2 aromatic rings. The average molecular weight is 351 g/mol. The van der Waals surface area contributed by atoms with Gasteiger partial charge < -0.3 is 21.3 Å². The third-order valence-electron chi connectivity index (χ3n) is 4.58. The van der Waals surface area contributed by atoms with Crippen molar-refractivity contribution in [2.45, 2.75) is 25.5 Å². The van der Waals surface area contributed by atoms with Gasteiger partial charge in [0.15, 0.2) is 0 Å². The van der Waals surface area contributed by atoms with E-state index in [4.69, 9.17) is 11.5 Å². The number of anilines is 2. The fourth-order valence-corrected chi connectivity index (χ4v) is 4.41. The molecule has 0 amide bonds. The highest BCUT2D eigenvalue weighted by Gasteiger charge is 2.39. The largest absolute Gasteiger partial charge is 0.314 e. The molecule has 0 aromatic heterocycles. The number of aliphatic imine (C=N–C) groups is 1. The summed E-state index contributed by atoms with van der Waals surface area (Å²) in [6, 6.07) is 16.3. The number of thioether (sulfide) groups is 1. The monoisotopic (exact) mass is 351 g/mol. The lowest BCUT2D eigenvalue weighted by molar-refractivity contribution is 0.721. The Hall–Kier alpha value is -2.28. The van der Waals surface area contributed by atoms with E-state index in [1.807, 2.05) is 35.2 Å². The van der Waals surface area contributed by atoms with Crippen LogP contribution in [0.5, 0.6) is 0 Å². The maximum Gasteiger partial charge on any atom is 0.136 e. The molecular weight excluding hydrogens is 330 g/mol. The fraction of sp³-hybridized carbons (Fsp3) is 0.211. The third-order valence-corrected chi connectivity index (χ3v) is 5.57. The summed E-state index contributed by atoms with van der Waals surface area (Å²) < 4.78 is 0. The summed E-state index contributed by atoms with van der Waals surface area (Å²) in [6.45, 7) is 4.20. The van der Waals surface area contributed by atoms with Crippen molar-refractivity contribution in [2.24, 2.45) is 16.5 Å². The van der Waals surface area contributed by atoms with Gasteiger partial charge in [-0.15, -0.1) is 0 Å². The molecule has 2 atom stereocenters. The molecule has 0 saturated carbocycles. The van der Waals surface area contributed by atoms with Crippen molar-refractivity contribution in [1.82, 2.24) is 0 Å². The molecule has 6 heteroatoms. The highest BCUT2D eigenvalue weighted by atomic mass is 32.2. The van der Waals surface area contributed by atoms with Crippen molar-refractivity contribution in [3.8, 4) is 0 Å². The molecular formula is C19H21N5S. The lowest BCUT2D eigenvalue weighted by Gasteiger charge is -2.36. The number of hydrogen-bond donors (Lipinski definition) is 2. The summed E-state index contributed by atoms with van der Waals surface area (Å²) in [5.74, 6) is 0. The van der Waals surface area contributed by atoms with Crippen LogP contribution in [0.2, 0.25) is 0 Å². The van der Waals surface area contributed by atoms with Crippen molar-refractivity contribution >= 4 is 29.5 Å². The van der Waals surface area contributed by atoms with Gasteiger partial charge in [-0.1, -0.05) is 48.2 Å². The Labute approximate surface area is 152 Å². The molecule has 2 heterocycles. The molecule has 4 rings (SSSR count). The Morgan fingerprint density at radius 2 is 1.64 bits per heavy atom. The van der Waals surface area contributed by atoms with E-state index < -0.39 is 0 Å². The van der Waals surface area contributed by atoms with Crippen LogP contribution in [0.4, 0.5) is 11.4 Å². The van der Waals surface area contributed by atoms with Crippen LogP contribution in [0.15, 0.2) is 64.2 Å². The van der Waals surface area contributed by atoms with Gasteiger partial charge in [0.2, 0.25) is 0 Å². The summed E-state index contributed by atoms with van der Waals surface area (Å²) in [7, 11) is 0. The highest BCUT2D eigenvalue weighted by molar-refractivity contribution is 8.04. The van der Waals surface area contributed by atoms with Gasteiger partial charge in [-0.2, -0.15) is 0 Å². The maximum atomic E-state index is 6.65. The predicted molar refractivity (Wildman–Crippen MR) is 106 cm³/mol. The van der Waals surface area contributed by atoms with E-state index in [-0.39, 0.29) is 11.7 Å². The molecule has 2 aliphatic heterocycles. The Morgan fingerprint density at radius 3 is 2.32 bits per heavy atom. The molecule has 0 bridgehead atoms. The standard InChI is InChI=1S/C19H21N5S/c1-12-7-6-8-13(2)15(12)24-16-17(20)23(14-9-4-3-5-10-14)11-22-18(16)25-19(24)21/h3-11,17,19H,20-21H2,1-2H3. The molecule has 2 aromatic carbocycles. The molecule has 4 N–H and O–H groups in total. The van der Waals surface area contributed by atoms with Crippen LogP contribution in [0.3, 0.4) is 0 Å². The second kappa shape index (κ2) is 6.22. The highest BCUT2D eigenvalue weighted by Crippen LogP contribution is 2.44. The number of nitrogens with zero attached hydrogens (tertiary/aromatic N) is 3. The molecule has 5 nitrogen and oxygen atoms in total. The topological polar surface area (TPSA) is 70.9 Å². The number of rotatable bonds is 2. The fourth-order valence-electron chi connectivity index (χ4n) is 3.41. The zero-order chi connectivity index (χ0) is 17.6. The van der Waals surface area contributed by atoms with Crippen molar-refractivity contribution in [1.29, 1.82) is 0 Å². The second-order valence-corrected chi connectivity index (χ2v) is 7.35. The quantitative estimate of drug-likeness (QED) is 0.870. The van der Waals surface area contributed by atoms with Gasteiger partial charge in [0, 0.05) is 11.4 Å². The minimum Gasteiger partial charge on any atom is -0.314 e. The van der Waals surface area contributed by atoms with Gasteiger partial charge in [-0.3, -0.25) is 0 Å². The smallest absolute Gasteiger partial charge is 0.136 e. The first-order chi connectivity index (χ1) is 12.1. The number of nitrogens with two attached hydrogens (primary N) is 2. The van der Waals surface area contributed by atoms with Crippen LogP contribution in [-0.2, 0) is 0 Å². The summed E-state index contributed by atoms with van der Waals surface area (Å²) >= 11 is 1.55. The molecule has 0 fully saturated rings. The van der Waals surface area contributed by atoms with E-state index in [1.54, 1.807) is 18.1 Å². The molecule has 25 heavy (non-hydrogen) atoms. The van der Waals surface area contributed by atoms with Crippen LogP contribution < -0.4 is 21.3 Å². The molecule has 2 unspecified atom stereocenters. The first-order valence-corrected chi connectivity index (χ1v) is 9.11. The first-order valence-electron chi connectivity index (χ1n) is 8.23. The Balaban J connectivity index is 1.78. The van der Waals surface area contributed by atoms with E-state index in [2.05, 4.69) is 41.9 Å².